The molecule has 2 amide bonds. The van der Waals surface area contributed by atoms with Crippen molar-refractivity contribution in [3.8, 4) is 11.5 Å². The second kappa shape index (κ2) is 12.3. The SMILES string of the molecule is Cc1ccc(OCCOc2ccc(N3C(=O)CNC[C@@H]3C(=O)N(Cc3cccc(C)c3C)C3CC3)cc2)c(Cl)c1. The third-order valence-corrected chi connectivity index (χ3v) is 7.91. The summed E-state index contributed by atoms with van der Waals surface area (Å²) in [4.78, 5) is 30.7. The number of amides is 2. The number of anilines is 1. The van der Waals surface area contributed by atoms with Gasteiger partial charge in [0.15, 0.2) is 0 Å². The Bertz CT molecular complexity index is 1370. The Morgan fingerprint density at radius 1 is 1.02 bits per heavy atom. The second-order valence-corrected chi connectivity index (χ2v) is 11.0. The van der Waals surface area contributed by atoms with Crippen LogP contribution in [0.3, 0.4) is 0 Å². The first-order valence-corrected chi connectivity index (χ1v) is 14.2. The summed E-state index contributed by atoms with van der Waals surface area (Å²) >= 11 is 6.23. The monoisotopic (exact) mass is 561 g/mol. The number of hydrogen-bond donors (Lipinski definition) is 1. The smallest absolute Gasteiger partial charge is 0.247 e. The Morgan fingerprint density at radius 2 is 1.77 bits per heavy atom. The lowest BCUT2D eigenvalue weighted by Gasteiger charge is -2.38. The van der Waals surface area contributed by atoms with E-state index in [0.717, 1.165) is 24.0 Å². The van der Waals surface area contributed by atoms with Gasteiger partial charge in [0.25, 0.3) is 0 Å². The molecule has 1 atom stereocenters. The molecule has 0 aromatic heterocycles. The van der Waals surface area contributed by atoms with Crippen LogP contribution >= 0.6 is 11.6 Å². The van der Waals surface area contributed by atoms with Crippen LogP contribution in [0.25, 0.3) is 0 Å². The van der Waals surface area contributed by atoms with Gasteiger partial charge in [0.1, 0.15) is 30.8 Å². The number of rotatable bonds is 10. The van der Waals surface area contributed by atoms with E-state index < -0.39 is 6.04 Å². The number of carbonyl (C=O) groups is 2. The Hall–Kier alpha value is -3.55. The quantitative estimate of drug-likeness (QED) is 0.344. The molecule has 0 spiro atoms. The number of carbonyl (C=O) groups excluding carboxylic acids is 2. The normalized spacial score (nSPS) is 17.1. The minimum atomic E-state index is -0.605. The Kier molecular flexibility index (Phi) is 8.62. The van der Waals surface area contributed by atoms with Gasteiger partial charge < -0.3 is 19.7 Å². The summed E-state index contributed by atoms with van der Waals surface area (Å²) in [7, 11) is 0. The molecule has 3 aromatic carbocycles. The molecule has 7 nitrogen and oxygen atoms in total. The van der Waals surface area contributed by atoms with Crippen LogP contribution in [-0.4, -0.2) is 55.1 Å². The molecule has 1 N–H and O–H groups in total. The average Bonchev–Trinajstić information content (AvgIpc) is 3.78. The standard InChI is InChI=1S/C32H36ClN3O4/c1-21-7-14-30(28(33)17-21)40-16-15-39-27-12-10-26(11-13-27)36-29(18-34-19-31(36)37)32(38)35(25-8-9-25)20-24-6-4-5-22(2)23(24)3/h4-7,10-14,17,25,29,34H,8-9,15-16,18-20H2,1-3H3/t29-/m1/s1. The largest absolute Gasteiger partial charge is 0.490 e. The van der Waals surface area contributed by atoms with Gasteiger partial charge in [-0.15, -0.1) is 0 Å². The molecule has 8 heteroatoms. The summed E-state index contributed by atoms with van der Waals surface area (Å²) in [6.07, 6.45) is 1.99. The van der Waals surface area contributed by atoms with E-state index in [2.05, 4.69) is 31.3 Å². The van der Waals surface area contributed by atoms with Crippen LogP contribution in [0, 0.1) is 20.8 Å². The van der Waals surface area contributed by atoms with Gasteiger partial charge in [0, 0.05) is 24.8 Å². The highest BCUT2D eigenvalue weighted by molar-refractivity contribution is 6.32. The van der Waals surface area contributed by atoms with E-state index in [1.54, 1.807) is 4.90 Å². The average molecular weight is 562 g/mol. The summed E-state index contributed by atoms with van der Waals surface area (Å²) in [6, 6.07) is 18.8. The molecule has 1 saturated heterocycles. The van der Waals surface area contributed by atoms with Crippen molar-refractivity contribution >= 4 is 29.1 Å². The van der Waals surface area contributed by atoms with Gasteiger partial charge in [-0.05, 0) is 92.3 Å². The second-order valence-electron chi connectivity index (χ2n) is 10.6. The summed E-state index contributed by atoms with van der Waals surface area (Å²) in [5, 5.41) is 3.72. The summed E-state index contributed by atoms with van der Waals surface area (Å²) in [5.74, 6) is 1.14. The molecule has 1 aliphatic carbocycles. The molecule has 0 radical (unpaired) electrons. The minimum Gasteiger partial charge on any atom is -0.490 e. The summed E-state index contributed by atoms with van der Waals surface area (Å²) in [5.41, 5.74) is 5.32. The molecule has 5 rings (SSSR count). The van der Waals surface area contributed by atoms with Gasteiger partial charge in [-0.1, -0.05) is 35.9 Å². The van der Waals surface area contributed by atoms with E-state index in [4.69, 9.17) is 21.1 Å². The van der Waals surface area contributed by atoms with Crippen LogP contribution in [0.1, 0.15) is 35.1 Å². The van der Waals surface area contributed by atoms with Crippen molar-refractivity contribution in [2.75, 3.05) is 31.2 Å². The zero-order valence-corrected chi connectivity index (χ0v) is 24.0. The maximum atomic E-state index is 14.0. The van der Waals surface area contributed by atoms with Gasteiger partial charge in [-0.2, -0.15) is 0 Å². The van der Waals surface area contributed by atoms with E-state index in [1.807, 2.05) is 60.4 Å². The molecule has 0 bridgehead atoms. The summed E-state index contributed by atoms with van der Waals surface area (Å²) < 4.78 is 11.6. The molecule has 0 unspecified atom stereocenters. The van der Waals surface area contributed by atoms with Crippen molar-refractivity contribution in [2.45, 2.75) is 52.2 Å². The Labute approximate surface area is 241 Å². The first-order chi connectivity index (χ1) is 19.3. The van der Waals surface area contributed by atoms with Crippen molar-refractivity contribution in [2.24, 2.45) is 0 Å². The van der Waals surface area contributed by atoms with Crippen molar-refractivity contribution < 1.29 is 19.1 Å². The van der Waals surface area contributed by atoms with Crippen LogP contribution in [0.5, 0.6) is 11.5 Å². The number of nitrogens with one attached hydrogen (secondary N) is 1. The zero-order valence-electron chi connectivity index (χ0n) is 23.3. The lowest BCUT2D eigenvalue weighted by molar-refractivity contribution is -0.136. The molecule has 3 aromatic rings. The summed E-state index contributed by atoms with van der Waals surface area (Å²) in [6.45, 7) is 8.02. The van der Waals surface area contributed by atoms with Crippen molar-refractivity contribution in [3.63, 3.8) is 0 Å². The highest BCUT2D eigenvalue weighted by Crippen LogP contribution is 2.32. The third kappa shape index (κ3) is 6.43. The highest BCUT2D eigenvalue weighted by Gasteiger charge is 2.41. The van der Waals surface area contributed by atoms with Crippen LogP contribution in [0.15, 0.2) is 60.7 Å². The van der Waals surface area contributed by atoms with Gasteiger partial charge in [0.2, 0.25) is 11.8 Å². The van der Waals surface area contributed by atoms with E-state index in [1.165, 1.54) is 11.1 Å². The molecule has 2 aliphatic rings. The van der Waals surface area contributed by atoms with Crippen LogP contribution < -0.4 is 19.7 Å². The van der Waals surface area contributed by atoms with Gasteiger partial charge >= 0.3 is 0 Å². The third-order valence-electron chi connectivity index (χ3n) is 7.62. The molecular weight excluding hydrogens is 526 g/mol. The minimum absolute atomic E-state index is 0.0174. The molecule has 210 valence electrons. The first-order valence-electron chi connectivity index (χ1n) is 13.8. The van der Waals surface area contributed by atoms with Crippen molar-refractivity contribution in [1.82, 2.24) is 10.2 Å². The number of halogens is 1. The number of benzene rings is 3. The van der Waals surface area contributed by atoms with Gasteiger partial charge in [0.05, 0.1) is 11.6 Å². The molecule has 2 fully saturated rings. The fourth-order valence-corrected chi connectivity index (χ4v) is 5.35. The Balaban J connectivity index is 1.24. The van der Waals surface area contributed by atoms with Crippen LogP contribution in [-0.2, 0) is 16.1 Å². The zero-order chi connectivity index (χ0) is 28.2. The fourth-order valence-electron chi connectivity index (χ4n) is 5.06. The van der Waals surface area contributed by atoms with Gasteiger partial charge in [-0.25, -0.2) is 0 Å². The Morgan fingerprint density at radius 3 is 2.50 bits per heavy atom. The van der Waals surface area contributed by atoms with E-state index >= 15 is 0 Å². The molecule has 40 heavy (non-hydrogen) atoms. The predicted molar refractivity (Wildman–Crippen MR) is 157 cm³/mol. The maximum absolute atomic E-state index is 14.0. The predicted octanol–water partition coefficient (Wildman–Crippen LogP) is 5.22. The fraction of sp³-hybridized carbons (Fsp3) is 0.375. The van der Waals surface area contributed by atoms with Crippen molar-refractivity contribution in [1.29, 1.82) is 0 Å². The van der Waals surface area contributed by atoms with Gasteiger partial charge in [-0.3, -0.25) is 14.5 Å². The lowest BCUT2D eigenvalue weighted by atomic mass is 10.0. The number of piperazine rings is 1. The van der Waals surface area contributed by atoms with Crippen molar-refractivity contribution in [3.05, 3.63) is 87.9 Å². The van der Waals surface area contributed by atoms with E-state index in [9.17, 15) is 9.59 Å². The molecular formula is C32H36ClN3O4. The highest BCUT2D eigenvalue weighted by atomic mass is 35.5. The molecule has 1 aliphatic heterocycles. The number of nitrogens with zero attached hydrogens (tertiary/aromatic N) is 2. The number of hydrogen-bond acceptors (Lipinski definition) is 5. The number of ether oxygens (including phenoxy) is 2. The first kappa shape index (κ1) is 28.0. The number of aryl methyl sites for hydroxylation is 2. The lowest BCUT2D eigenvalue weighted by Crippen LogP contribution is -2.61. The van der Waals surface area contributed by atoms with E-state index in [0.29, 0.717) is 48.5 Å². The topological polar surface area (TPSA) is 71.1 Å². The maximum Gasteiger partial charge on any atom is 0.247 e. The van der Waals surface area contributed by atoms with Crippen LogP contribution in [0.4, 0.5) is 5.69 Å². The molecule has 1 heterocycles. The van der Waals surface area contributed by atoms with Crippen LogP contribution in [0.2, 0.25) is 5.02 Å². The molecule has 1 saturated carbocycles. The van der Waals surface area contributed by atoms with E-state index in [-0.39, 0.29) is 24.4 Å².